The summed E-state index contributed by atoms with van der Waals surface area (Å²) >= 11 is 0. The van der Waals surface area contributed by atoms with E-state index in [2.05, 4.69) is 4.90 Å². The molecule has 0 saturated carbocycles. The van der Waals surface area contributed by atoms with Crippen LogP contribution in [0.1, 0.15) is 27.7 Å². The SMILES string of the molecule is CCN(CC)c1ccc2c(-c3ccc(S(=O)(=O)O)cc3S(=O)(=O)O)c3ccc(=[N+](CC)C(C)[O-])cc-3oc2c1. The third-order valence-electron chi connectivity index (χ3n) is 6.73. The number of fused-ring (bicyclic) bond motifs is 2. The van der Waals surface area contributed by atoms with E-state index < -0.39 is 36.3 Å². The summed E-state index contributed by atoms with van der Waals surface area (Å²) in [6, 6.07) is 13.6. The highest BCUT2D eigenvalue weighted by atomic mass is 32.2. The normalized spacial score (nSPS) is 14.0. The van der Waals surface area contributed by atoms with Gasteiger partial charge in [-0.3, -0.25) is 9.11 Å². The zero-order valence-electron chi connectivity index (χ0n) is 21.9. The number of benzene rings is 3. The molecule has 10 nitrogen and oxygen atoms in total. The van der Waals surface area contributed by atoms with E-state index in [0.29, 0.717) is 39.8 Å². The lowest BCUT2D eigenvalue weighted by Crippen LogP contribution is -2.45. The van der Waals surface area contributed by atoms with Crippen LogP contribution in [0, 0.1) is 0 Å². The van der Waals surface area contributed by atoms with E-state index >= 15 is 0 Å². The van der Waals surface area contributed by atoms with Gasteiger partial charge in [-0.2, -0.15) is 16.8 Å². The minimum absolute atomic E-state index is 0.0172. The first-order valence-electron chi connectivity index (χ1n) is 12.4. The number of rotatable bonds is 8. The van der Waals surface area contributed by atoms with Crippen LogP contribution in [0.4, 0.5) is 5.69 Å². The summed E-state index contributed by atoms with van der Waals surface area (Å²) in [4.78, 5) is 0.742. The highest BCUT2D eigenvalue weighted by Gasteiger charge is 2.26. The molecule has 1 heterocycles. The van der Waals surface area contributed by atoms with Crippen molar-refractivity contribution < 1.29 is 35.5 Å². The van der Waals surface area contributed by atoms with E-state index in [1.807, 2.05) is 32.9 Å². The Hall–Kier alpha value is -3.29. The van der Waals surface area contributed by atoms with E-state index in [1.54, 1.807) is 28.8 Å². The van der Waals surface area contributed by atoms with Gasteiger partial charge in [-0.05, 0) is 58.0 Å². The average molecular weight is 575 g/mol. The first-order valence-corrected chi connectivity index (χ1v) is 15.3. The van der Waals surface area contributed by atoms with Gasteiger partial charge in [-0.15, -0.1) is 0 Å². The Balaban J connectivity index is 2.20. The maximum atomic E-state index is 12.5. The van der Waals surface area contributed by atoms with E-state index in [-0.39, 0.29) is 5.56 Å². The zero-order valence-corrected chi connectivity index (χ0v) is 23.6. The van der Waals surface area contributed by atoms with Crippen LogP contribution in [0.5, 0.6) is 0 Å². The van der Waals surface area contributed by atoms with E-state index in [4.69, 9.17) is 4.42 Å². The van der Waals surface area contributed by atoms with Crippen LogP contribution in [-0.4, -0.2) is 51.8 Å². The van der Waals surface area contributed by atoms with Crippen LogP contribution in [0.25, 0.3) is 33.4 Å². The fourth-order valence-corrected chi connectivity index (χ4v) is 6.16. The Morgan fingerprint density at radius 2 is 1.56 bits per heavy atom. The molecule has 0 aromatic heterocycles. The topological polar surface area (TPSA) is 151 Å². The molecule has 208 valence electrons. The monoisotopic (exact) mass is 574 g/mol. The fraction of sp³-hybridized carbons (Fsp3) is 0.296. The van der Waals surface area contributed by atoms with Crippen LogP contribution < -0.4 is 19.9 Å². The van der Waals surface area contributed by atoms with Gasteiger partial charge in [0.05, 0.1) is 17.2 Å². The molecule has 2 aliphatic rings. The molecule has 0 amide bonds. The minimum Gasteiger partial charge on any atom is -0.799 e. The highest BCUT2D eigenvalue weighted by molar-refractivity contribution is 7.86. The van der Waals surface area contributed by atoms with E-state index in [0.717, 1.165) is 30.9 Å². The van der Waals surface area contributed by atoms with Crippen molar-refractivity contribution in [2.75, 3.05) is 24.5 Å². The second-order valence-electron chi connectivity index (χ2n) is 9.00. The average Bonchev–Trinajstić information content (AvgIpc) is 2.86. The summed E-state index contributed by atoms with van der Waals surface area (Å²) in [6.07, 6.45) is -1.03. The van der Waals surface area contributed by atoms with Crippen molar-refractivity contribution in [2.45, 2.75) is 43.7 Å². The lowest BCUT2D eigenvalue weighted by atomic mass is 9.93. The molecule has 2 aromatic rings. The summed E-state index contributed by atoms with van der Waals surface area (Å²) in [5, 5.41) is 13.4. The van der Waals surface area contributed by atoms with Gasteiger partial charge >= 0.3 is 0 Å². The molecule has 0 saturated heterocycles. The van der Waals surface area contributed by atoms with E-state index in [9.17, 15) is 31.0 Å². The Bertz CT molecular complexity index is 1810. The molecular formula is C27H30N2O8S2. The Labute approximate surface area is 227 Å². The standard InChI is InChI=1S/C27H30N2O8S2/c1-5-28(6-2)18-8-11-21-24(14-18)37-25-15-19(29(7-3)17(4)30)9-12-22(25)27(21)23-13-10-20(38(31,32)33)16-26(23)39(34,35)36/h8-17H,5-7H2,1-4H3,(H,31,32,33)(H,34,35,36). The molecule has 1 unspecified atom stereocenters. The Kier molecular flexibility index (Phi) is 7.88. The molecule has 1 aliphatic carbocycles. The third kappa shape index (κ3) is 5.56. The van der Waals surface area contributed by atoms with Gasteiger partial charge in [0, 0.05) is 53.0 Å². The second-order valence-corrected chi connectivity index (χ2v) is 11.8. The zero-order chi connectivity index (χ0) is 28.7. The minimum atomic E-state index is -4.93. The number of nitrogens with zero attached hydrogens (tertiary/aromatic N) is 2. The van der Waals surface area contributed by atoms with Gasteiger partial charge in [0.1, 0.15) is 22.8 Å². The van der Waals surface area contributed by atoms with E-state index in [1.165, 1.54) is 13.0 Å². The van der Waals surface area contributed by atoms with Crippen LogP contribution in [-0.2, 0) is 20.2 Å². The number of anilines is 1. The van der Waals surface area contributed by atoms with Crippen molar-refractivity contribution in [2.24, 2.45) is 0 Å². The van der Waals surface area contributed by atoms with Crippen LogP contribution >= 0.6 is 0 Å². The fourth-order valence-electron chi connectivity index (χ4n) is 4.85. The van der Waals surface area contributed by atoms with Crippen molar-refractivity contribution in [3.8, 4) is 22.5 Å². The van der Waals surface area contributed by atoms with Crippen molar-refractivity contribution in [3.63, 3.8) is 0 Å². The lowest BCUT2D eigenvalue weighted by molar-refractivity contribution is -0.428. The maximum absolute atomic E-state index is 12.5. The molecule has 12 heteroatoms. The number of hydrogen-bond acceptors (Lipinski definition) is 7. The first-order chi connectivity index (χ1) is 18.3. The maximum Gasteiger partial charge on any atom is 0.295 e. The van der Waals surface area contributed by atoms with Gasteiger partial charge in [0.25, 0.3) is 20.2 Å². The molecule has 0 spiro atoms. The predicted octanol–water partition coefficient (Wildman–Crippen LogP) is 3.04. The molecule has 39 heavy (non-hydrogen) atoms. The van der Waals surface area contributed by atoms with Crippen molar-refractivity contribution in [1.29, 1.82) is 0 Å². The van der Waals surface area contributed by atoms with Crippen LogP contribution in [0.2, 0.25) is 0 Å². The van der Waals surface area contributed by atoms with Crippen molar-refractivity contribution in [1.82, 2.24) is 4.58 Å². The second kappa shape index (κ2) is 10.7. The molecule has 0 bridgehead atoms. The van der Waals surface area contributed by atoms with Gasteiger partial charge in [0.15, 0.2) is 0 Å². The molecule has 4 rings (SSSR count). The first kappa shape index (κ1) is 28.7. The molecule has 2 N–H and O–H groups in total. The molecule has 0 radical (unpaired) electrons. The molecule has 1 atom stereocenters. The Morgan fingerprint density at radius 1 is 0.897 bits per heavy atom. The molecule has 0 fully saturated rings. The predicted molar refractivity (Wildman–Crippen MR) is 147 cm³/mol. The van der Waals surface area contributed by atoms with Crippen LogP contribution in [0.15, 0.2) is 68.8 Å². The van der Waals surface area contributed by atoms with Gasteiger partial charge < -0.3 is 14.4 Å². The highest BCUT2D eigenvalue weighted by Crippen LogP contribution is 2.43. The van der Waals surface area contributed by atoms with Crippen molar-refractivity contribution in [3.05, 3.63) is 60.0 Å². The van der Waals surface area contributed by atoms with Crippen LogP contribution in [0.3, 0.4) is 0 Å². The molecule has 2 aromatic carbocycles. The quantitative estimate of drug-likeness (QED) is 0.140. The third-order valence-corrected chi connectivity index (χ3v) is 8.47. The molecular weight excluding hydrogens is 544 g/mol. The molecule has 1 aliphatic heterocycles. The smallest absolute Gasteiger partial charge is 0.295 e. The van der Waals surface area contributed by atoms with Gasteiger partial charge in [0.2, 0.25) is 5.36 Å². The summed E-state index contributed by atoms with van der Waals surface area (Å²) in [5.41, 5.74) is 2.15. The summed E-state index contributed by atoms with van der Waals surface area (Å²) < 4.78 is 76.0. The summed E-state index contributed by atoms with van der Waals surface area (Å²) in [6.45, 7) is 9.35. The summed E-state index contributed by atoms with van der Waals surface area (Å²) in [7, 11) is -9.68. The van der Waals surface area contributed by atoms with Gasteiger partial charge in [-0.1, -0.05) is 6.07 Å². The van der Waals surface area contributed by atoms with Crippen molar-refractivity contribution >= 4 is 36.9 Å². The summed E-state index contributed by atoms with van der Waals surface area (Å²) in [5.74, 6) is 0.353. The largest absolute Gasteiger partial charge is 0.799 e. The van der Waals surface area contributed by atoms with Gasteiger partial charge in [-0.25, -0.2) is 4.58 Å². The lowest BCUT2D eigenvalue weighted by Gasteiger charge is -2.23. The number of hydrogen-bond donors (Lipinski definition) is 2. The Morgan fingerprint density at radius 3 is 2.13 bits per heavy atom.